The fourth-order valence-electron chi connectivity index (χ4n) is 4.76. The van der Waals surface area contributed by atoms with Crippen LogP contribution in [-0.2, 0) is 0 Å². The molecule has 32 heavy (non-hydrogen) atoms. The molecule has 4 unspecified atom stereocenters. The number of hydrogen-bond donors (Lipinski definition) is 2. The van der Waals surface area contributed by atoms with Gasteiger partial charge >= 0.3 is 0 Å². The number of carbonyl (C=O) groups is 1. The quantitative estimate of drug-likeness (QED) is 0.593. The van der Waals surface area contributed by atoms with E-state index in [0.29, 0.717) is 28.7 Å². The van der Waals surface area contributed by atoms with Crippen LogP contribution in [0.25, 0.3) is 0 Å². The Balaban J connectivity index is 1.70. The normalized spacial score (nSPS) is 21.7. The highest BCUT2D eigenvalue weighted by molar-refractivity contribution is 5.95. The predicted molar refractivity (Wildman–Crippen MR) is 126 cm³/mol. The van der Waals surface area contributed by atoms with Crippen molar-refractivity contribution in [2.24, 2.45) is 5.92 Å². The summed E-state index contributed by atoms with van der Waals surface area (Å²) < 4.78 is 16.7. The summed E-state index contributed by atoms with van der Waals surface area (Å²) in [6, 6.07) is 10.2. The molecular formula is C26H32N2O4. The minimum absolute atomic E-state index is 0.0209. The maximum atomic E-state index is 12.7. The summed E-state index contributed by atoms with van der Waals surface area (Å²) in [5, 5.41) is 6.79. The van der Waals surface area contributed by atoms with Crippen LogP contribution in [0.2, 0.25) is 0 Å². The van der Waals surface area contributed by atoms with E-state index in [-0.39, 0.29) is 23.9 Å². The van der Waals surface area contributed by atoms with E-state index in [1.54, 1.807) is 21.3 Å². The first kappa shape index (κ1) is 22.1. The Hall–Kier alpha value is -3.15. The number of methoxy groups -OCH3 is 3. The van der Waals surface area contributed by atoms with Gasteiger partial charge in [0, 0.05) is 23.2 Å². The molecule has 2 aromatic rings. The molecule has 1 amide bonds. The van der Waals surface area contributed by atoms with Crippen molar-refractivity contribution in [3.05, 3.63) is 59.2 Å². The SMILES string of the molecule is CCC(C)NC(=O)c1ccc2c(c1)C1C=CCC1C(c1cc(OC)c(OC)c(OC)c1)N2. The number of ether oxygens (including phenoxy) is 3. The number of allylic oxidation sites excluding steroid dienone is 2. The summed E-state index contributed by atoms with van der Waals surface area (Å²) in [4.78, 5) is 12.7. The van der Waals surface area contributed by atoms with Gasteiger partial charge in [-0.15, -0.1) is 0 Å². The van der Waals surface area contributed by atoms with E-state index in [4.69, 9.17) is 14.2 Å². The van der Waals surface area contributed by atoms with E-state index in [0.717, 1.165) is 24.1 Å². The highest BCUT2D eigenvalue weighted by Gasteiger charge is 2.39. The van der Waals surface area contributed by atoms with Gasteiger partial charge in [-0.05, 0) is 67.1 Å². The second kappa shape index (κ2) is 9.15. The van der Waals surface area contributed by atoms with E-state index in [1.165, 1.54) is 5.56 Å². The summed E-state index contributed by atoms with van der Waals surface area (Å²) in [6.45, 7) is 4.09. The fourth-order valence-corrected chi connectivity index (χ4v) is 4.76. The lowest BCUT2D eigenvalue weighted by molar-refractivity contribution is 0.0939. The topological polar surface area (TPSA) is 68.8 Å². The Morgan fingerprint density at radius 2 is 1.84 bits per heavy atom. The summed E-state index contributed by atoms with van der Waals surface area (Å²) in [6.07, 6.45) is 6.37. The molecular weight excluding hydrogens is 404 g/mol. The van der Waals surface area contributed by atoms with Gasteiger partial charge in [-0.3, -0.25) is 4.79 Å². The zero-order valence-corrected chi connectivity index (χ0v) is 19.4. The van der Waals surface area contributed by atoms with Gasteiger partial charge in [0.05, 0.1) is 27.4 Å². The number of rotatable bonds is 7. The van der Waals surface area contributed by atoms with Crippen molar-refractivity contribution >= 4 is 11.6 Å². The van der Waals surface area contributed by atoms with Crippen molar-refractivity contribution in [2.75, 3.05) is 26.6 Å². The highest BCUT2D eigenvalue weighted by Crippen LogP contribution is 2.51. The van der Waals surface area contributed by atoms with Crippen LogP contribution < -0.4 is 24.8 Å². The summed E-state index contributed by atoms with van der Waals surface area (Å²) in [7, 11) is 4.88. The molecule has 6 heteroatoms. The first-order valence-electron chi connectivity index (χ1n) is 11.2. The van der Waals surface area contributed by atoms with Gasteiger partial charge in [-0.25, -0.2) is 0 Å². The van der Waals surface area contributed by atoms with E-state index in [2.05, 4.69) is 29.7 Å². The molecule has 170 valence electrons. The second-order valence-corrected chi connectivity index (χ2v) is 8.52. The van der Waals surface area contributed by atoms with Gasteiger partial charge in [-0.2, -0.15) is 0 Å². The third-order valence-electron chi connectivity index (χ3n) is 6.66. The molecule has 1 aliphatic carbocycles. The summed E-state index contributed by atoms with van der Waals surface area (Å²) in [5.74, 6) is 2.44. The van der Waals surface area contributed by atoms with Crippen LogP contribution in [0.15, 0.2) is 42.5 Å². The Morgan fingerprint density at radius 3 is 2.47 bits per heavy atom. The van der Waals surface area contributed by atoms with Crippen molar-refractivity contribution < 1.29 is 19.0 Å². The van der Waals surface area contributed by atoms with Crippen molar-refractivity contribution in [3.63, 3.8) is 0 Å². The van der Waals surface area contributed by atoms with Gasteiger partial charge in [0.1, 0.15) is 0 Å². The molecule has 2 N–H and O–H groups in total. The van der Waals surface area contributed by atoms with Crippen LogP contribution in [0.1, 0.15) is 60.1 Å². The van der Waals surface area contributed by atoms with Crippen LogP contribution >= 0.6 is 0 Å². The van der Waals surface area contributed by atoms with Gasteiger partial charge in [-0.1, -0.05) is 19.1 Å². The number of carbonyl (C=O) groups excluding carboxylic acids is 1. The number of fused-ring (bicyclic) bond motifs is 3. The molecule has 0 saturated heterocycles. The summed E-state index contributed by atoms with van der Waals surface area (Å²) in [5.41, 5.74) is 4.01. The average Bonchev–Trinajstić information content (AvgIpc) is 3.32. The standard InChI is InChI=1S/C26H32N2O4/c1-6-15(2)27-26(29)16-10-11-21-20(12-16)18-8-7-9-19(18)24(28-21)17-13-22(30-3)25(32-5)23(14-17)31-4/h7-8,10-15,18-19,24,28H,6,9H2,1-5H3,(H,27,29). The van der Waals surface area contributed by atoms with Gasteiger partial charge in [0.15, 0.2) is 11.5 Å². The van der Waals surface area contributed by atoms with Crippen molar-refractivity contribution in [2.45, 2.75) is 44.7 Å². The zero-order chi connectivity index (χ0) is 22.8. The monoisotopic (exact) mass is 436 g/mol. The molecule has 1 aliphatic heterocycles. The average molecular weight is 437 g/mol. The lowest BCUT2D eigenvalue weighted by Crippen LogP contribution is -2.33. The van der Waals surface area contributed by atoms with Crippen molar-refractivity contribution in [1.29, 1.82) is 0 Å². The maximum absolute atomic E-state index is 12.7. The second-order valence-electron chi connectivity index (χ2n) is 8.52. The molecule has 4 atom stereocenters. The molecule has 2 aliphatic rings. The van der Waals surface area contributed by atoms with Crippen LogP contribution in [-0.4, -0.2) is 33.3 Å². The van der Waals surface area contributed by atoms with Crippen LogP contribution in [0.5, 0.6) is 17.2 Å². The van der Waals surface area contributed by atoms with Crippen LogP contribution in [0, 0.1) is 5.92 Å². The van der Waals surface area contributed by atoms with Crippen LogP contribution in [0.3, 0.4) is 0 Å². The first-order valence-corrected chi connectivity index (χ1v) is 11.2. The van der Waals surface area contributed by atoms with E-state index < -0.39 is 0 Å². The van der Waals surface area contributed by atoms with Gasteiger partial charge in [0.25, 0.3) is 5.91 Å². The molecule has 4 rings (SSSR count). The first-order chi connectivity index (χ1) is 15.5. The van der Waals surface area contributed by atoms with Gasteiger partial charge in [0.2, 0.25) is 5.75 Å². The lowest BCUT2D eigenvalue weighted by Gasteiger charge is -2.38. The fraction of sp³-hybridized carbons (Fsp3) is 0.423. The largest absolute Gasteiger partial charge is 0.493 e. The Bertz CT molecular complexity index is 1010. The van der Waals surface area contributed by atoms with E-state index >= 15 is 0 Å². The van der Waals surface area contributed by atoms with E-state index in [9.17, 15) is 4.79 Å². The van der Waals surface area contributed by atoms with Crippen LogP contribution in [0.4, 0.5) is 5.69 Å². The minimum atomic E-state index is -0.0209. The minimum Gasteiger partial charge on any atom is -0.493 e. The Labute approximate surface area is 189 Å². The Morgan fingerprint density at radius 1 is 1.12 bits per heavy atom. The summed E-state index contributed by atoms with van der Waals surface area (Å²) >= 11 is 0. The van der Waals surface area contributed by atoms with Crippen molar-refractivity contribution in [3.8, 4) is 17.2 Å². The smallest absolute Gasteiger partial charge is 0.251 e. The molecule has 0 fully saturated rings. The zero-order valence-electron chi connectivity index (χ0n) is 19.4. The Kier molecular flexibility index (Phi) is 6.31. The molecule has 0 saturated carbocycles. The predicted octanol–water partition coefficient (Wildman–Crippen LogP) is 5.07. The molecule has 1 heterocycles. The molecule has 6 nitrogen and oxygen atoms in total. The molecule has 0 bridgehead atoms. The van der Waals surface area contributed by atoms with E-state index in [1.807, 2.05) is 37.3 Å². The number of hydrogen-bond acceptors (Lipinski definition) is 5. The van der Waals surface area contributed by atoms with Crippen molar-refractivity contribution in [1.82, 2.24) is 5.32 Å². The molecule has 2 aromatic carbocycles. The number of amides is 1. The number of benzene rings is 2. The van der Waals surface area contributed by atoms with Gasteiger partial charge < -0.3 is 24.8 Å². The lowest BCUT2D eigenvalue weighted by atomic mass is 9.76. The molecule has 0 radical (unpaired) electrons. The highest BCUT2D eigenvalue weighted by atomic mass is 16.5. The third kappa shape index (κ3) is 3.90. The number of anilines is 1. The number of nitrogens with one attached hydrogen (secondary N) is 2. The molecule has 0 spiro atoms. The molecule has 0 aromatic heterocycles. The third-order valence-corrected chi connectivity index (χ3v) is 6.66. The maximum Gasteiger partial charge on any atom is 0.251 e.